The number of benzene rings is 2. The maximum atomic E-state index is 12.3. The molecule has 8 heteroatoms. The summed E-state index contributed by atoms with van der Waals surface area (Å²) in [5, 5.41) is 11.9. The molecule has 0 unspecified atom stereocenters. The van der Waals surface area contributed by atoms with Gasteiger partial charge in [0, 0.05) is 18.0 Å². The lowest BCUT2D eigenvalue weighted by molar-refractivity contribution is -0.122. The highest BCUT2D eigenvalue weighted by Crippen LogP contribution is 2.29. The van der Waals surface area contributed by atoms with Crippen LogP contribution in [0.3, 0.4) is 0 Å². The molecule has 2 aromatic carbocycles. The van der Waals surface area contributed by atoms with Gasteiger partial charge in [-0.05, 0) is 68.5 Å². The van der Waals surface area contributed by atoms with Crippen LogP contribution >= 0.6 is 11.6 Å². The highest BCUT2D eigenvalue weighted by Gasteiger charge is 2.11. The van der Waals surface area contributed by atoms with Crippen molar-refractivity contribution in [2.45, 2.75) is 53.2 Å². The molecule has 0 spiro atoms. The van der Waals surface area contributed by atoms with E-state index in [4.69, 9.17) is 21.1 Å². The second kappa shape index (κ2) is 13.0. The van der Waals surface area contributed by atoms with E-state index in [2.05, 4.69) is 42.5 Å². The lowest BCUT2D eigenvalue weighted by atomic mass is 10.0. The van der Waals surface area contributed by atoms with E-state index in [0.29, 0.717) is 41.1 Å². The predicted octanol–water partition coefficient (Wildman–Crippen LogP) is 5.90. The number of nitrogens with one attached hydrogen (secondary N) is 1. The summed E-state index contributed by atoms with van der Waals surface area (Å²) in [7, 11) is 1.59. The maximum absolute atomic E-state index is 12.3. The molecule has 0 saturated heterocycles. The smallest absolute Gasteiger partial charge is 0.220 e. The number of nitrogens with zero attached hydrogens (tertiary/aromatic N) is 3. The van der Waals surface area contributed by atoms with Crippen LogP contribution in [0, 0.1) is 5.92 Å². The zero-order chi connectivity index (χ0) is 25.2. The largest absolute Gasteiger partial charge is 0.493 e. The molecule has 1 heterocycles. The summed E-state index contributed by atoms with van der Waals surface area (Å²) in [6, 6.07) is 13.0. The Bertz CT molecular complexity index is 1150. The molecule has 1 amide bonds. The lowest BCUT2D eigenvalue weighted by Crippen LogP contribution is -2.24. The molecule has 0 aliphatic heterocycles. The van der Waals surface area contributed by atoms with Crippen LogP contribution in [0.5, 0.6) is 11.5 Å². The molecule has 3 rings (SSSR count). The number of carbonyl (C=O) groups excluding carboxylic acids is 1. The van der Waals surface area contributed by atoms with Crippen LogP contribution in [0.1, 0.15) is 51.3 Å². The van der Waals surface area contributed by atoms with Crippen LogP contribution in [0.4, 0.5) is 0 Å². The van der Waals surface area contributed by atoms with Gasteiger partial charge < -0.3 is 14.8 Å². The predicted molar refractivity (Wildman–Crippen MR) is 138 cm³/mol. The number of hydrogen-bond acceptors (Lipinski definition) is 5. The van der Waals surface area contributed by atoms with Gasteiger partial charge in [-0.3, -0.25) is 4.79 Å². The zero-order valence-electron chi connectivity index (χ0n) is 20.8. The molecule has 0 aliphatic rings. The Morgan fingerprint density at radius 2 is 2.03 bits per heavy atom. The minimum Gasteiger partial charge on any atom is -0.493 e. The van der Waals surface area contributed by atoms with Gasteiger partial charge in [-0.1, -0.05) is 47.5 Å². The van der Waals surface area contributed by atoms with E-state index < -0.39 is 0 Å². The first kappa shape index (κ1) is 26.3. The van der Waals surface area contributed by atoms with Crippen molar-refractivity contribution in [2.75, 3.05) is 7.11 Å². The number of rotatable bonds is 12. The van der Waals surface area contributed by atoms with Crippen LogP contribution in [0.2, 0.25) is 5.02 Å². The van der Waals surface area contributed by atoms with E-state index in [0.717, 1.165) is 24.1 Å². The van der Waals surface area contributed by atoms with Gasteiger partial charge in [0.1, 0.15) is 12.3 Å². The van der Waals surface area contributed by atoms with Crippen LogP contribution in [0.15, 0.2) is 60.3 Å². The zero-order valence-corrected chi connectivity index (χ0v) is 21.5. The highest BCUT2D eigenvalue weighted by atomic mass is 35.5. The number of methoxy groups -OCH3 is 1. The Labute approximate surface area is 212 Å². The van der Waals surface area contributed by atoms with Crippen LogP contribution in [-0.4, -0.2) is 28.0 Å². The summed E-state index contributed by atoms with van der Waals surface area (Å²) in [5.74, 6) is 1.58. The molecule has 7 nitrogen and oxygen atoms in total. The minimum absolute atomic E-state index is 0.0526. The quantitative estimate of drug-likeness (QED) is 0.316. The summed E-state index contributed by atoms with van der Waals surface area (Å²) < 4.78 is 13.1. The molecule has 1 atom stereocenters. The molecule has 0 saturated carbocycles. The summed E-state index contributed by atoms with van der Waals surface area (Å²) in [4.78, 5) is 12.3. The molecular weight excluding hydrogens is 464 g/mol. The minimum atomic E-state index is 0.0526. The normalized spacial score (nSPS) is 11.6. The van der Waals surface area contributed by atoms with Gasteiger partial charge in [0.15, 0.2) is 11.5 Å². The molecule has 0 aliphatic carbocycles. The monoisotopic (exact) mass is 496 g/mol. The van der Waals surface area contributed by atoms with Crippen LogP contribution in [-0.2, 0) is 17.9 Å². The Morgan fingerprint density at radius 1 is 1.20 bits per heavy atom. The van der Waals surface area contributed by atoms with E-state index >= 15 is 0 Å². The summed E-state index contributed by atoms with van der Waals surface area (Å²) >= 11 is 6.05. The molecule has 1 aromatic heterocycles. The van der Waals surface area contributed by atoms with Gasteiger partial charge in [-0.2, -0.15) is 0 Å². The number of ether oxygens (including phenoxy) is 2. The number of carbonyl (C=O) groups is 1. The Kier molecular flexibility index (Phi) is 9.73. The van der Waals surface area contributed by atoms with Gasteiger partial charge in [0.2, 0.25) is 5.91 Å². The summed E-state index contributed by atoms with van der Waals surface area (Å²) in [5.41, 5.74) is 3.74. The number of amides is 1. The third-order valence-electron chi connectivity index (χ3n) is 5.45. The second-order valence-electron chi connectivity index (χ2n) is 8.85. The fourth-order valence-electron chi connectivity index (χ4n) is 3.55. The van der Waals surface area contributed by atoms with Crippen LogP contribution < -0.4 is 14.8 Å². The fraction of sp³-hybridized carbons (Fsp3) is 0.370. The number of hydrogen-bond donors (Lipinski definition) is 1. The van der Waals surface area contributed by atoms with E-state index in [-0.39, 0.29) is 12.5 Å². The third-order valence-corrected chi connectivity index (χ3v) is 5.69. The van der Waals surface area contributed by atoms with Gasteiger partial charge in [-0.15, -0.1) is 5.10 Å². The highest BCUT2D eigenvalue weighted by molar-refractivity contribution is 6.30. The SMILES string of the molecule is COc1cc(CNC(=O)C[C@H](C)CCC=C(C)C)ccc1OCc1cn(-c2cccc(Cl)c2)nn1. The Balaban J connectivity index is 1.51. The first-order chi connectivity index (χ1) is 16.8. The molecule has 0 radical (unpaired) electrons. The van der Waals surface area contributed by atoms with Crippen molar-refractivity contribution >= 4 is 17.5 Å². The number of allylic oxidation sites excluding steroid dienone is 2. The fourth-order valence-corrected chi connectivity index (χ4v) is 3.73. The van der Waals surface area contributed by atoms with E-state index in [9.17, 15) is 4.79 Å². The summed E-state index contributed by atoms with van der Waals surface area (Å²) in [6.07, 6.45) is 6.54. The number of aromatic nitrogens is 3. The first-order valence-corrected chi connectivity index (χ1v) is 12.1. The third kappa shape index (κ3) is 8.44. The lowest BCUT2D eigenvalue weighted by Gasteiger charge is -2.13. The first-order valence-electron chi connectivity index (χ1n) is 11.7. The van der Waals surface area contributed by atoms with Crippen molar-refractivity contribution in [1.82, 2.24) is 20.3 Å². The van der Waals surface area contributed by atoms with Crippen molar-refractivity contribution in [3.63, 3.8) is 0 Å². The molecule has 0 fully saturated rings. The average molecular weight is 497 g/mol. The maximum Gasteiger partial charge on any atom is 0.220 e. The van der Waals surface area contributed by atoms with Crippen LogP contribution in [0.25, 0.3) is 5.69 Å². The molecular formula is C27H33ClN4O3. The van der Waals surface area contributed by atoms with Crippen molar-refractivity contribution in [2.24, 2.45) is 5.92 Å². The summed E-state index contributed by atoms with van der Waals surface area (Å²) in [6.45, 7) is 6.97. The topological polar surface area (TPSA) is 78.3 Å². The Hall–Kier alpha value is -3.32. The van der Waals surface area contributed by atoms with Crippen molar-refractivity contribution < 1.29 is 14.3 Å². The van der Waals surface area contributed by atoms with Crippen molar-refractivity contribution in [1.29, 1.82) is 0 Å². The molecule has 35 heavy (non-hydrogen) atoms. The molecule has 0 bridgehead atoms. The van der Waals surface area contributed by atoms with E-state index in [1.807, 2.05) is 36.4 Å². The van der Waals surface area contributed by atoms with Gasteiger partial charge in [-0.25, -0.2) is 4.68 Å². The van der Waals surface area contributed by atoms with E-state index in [1.165, 1.54) is 5.57 Å². The average Bonchev–Trinajstić information content (AvgIpc) is 3.30. The van der Waals surface area contributed by atoms with E-state index in [1.54, 1.807) is 24.1 Å². The Morgan fingerprint density at radius 3 is 2.77 bits per heavy atom. The molecule has 1 N–H and O–H groups in total. The van der Waals surface area contributed by atoms with Crippen molar-refractivity contribution in [3.8, 4) is 17.2 Å². The number of halogens is 1. The van der Waals surface area contributed by atoms with Gasteiger partial charge in [0.25, 0.3) is 0 Å². The molecule has 3 aromatic rings. The standard InChI is InChI=1S/C27H33ClN4O3/c1-19(2)7-5-8-20(3)13-27(33)29-16-21-11-12-25(26(14-21)34-4)35-18-23-17-32(31-30-23)24-10-6-9-22(28)15-24/h6-7,9-12,14-15,17,20H,5,8,13,16,18H2,1-4H3,(H,29,33)/t20-/m1/s1. The van der Waals surface area contributed by atoms with Gasteiger partial charge in [0.05, 0.1) is 19.0 Å². The van der Waals surface area contributed by atoms with Crippen molar-refractivity contribution in [3.05, 3.63) is 76.6 Å². The molecule has 186 valence electrons. The second-order valence-corrected chi connectivity index (χ2v) is 9.29. The van der Waals surface area contributed by atoms with Gasteiger partial charge >= 0.3 is 0 Å².